The Bertz CT molecular complexity index is 630. The van der Waals surface area contributed by atoms with Crippen molar-refractivity contribution in [2.75, 3.05) is 6.61 Å². The number of hydrogen-bond acceptors (Lipinski definition) is 2. The Kier molecular flexibility index (Phi) is 2.89. The molecule has 0 aromatic rings. The average molecular weight is 312 g/mol. The number of hydrogen-bond donors (Lipinski definition) is 0. The van der Waals surface area contributed by atoms with E-state index in [1.807, 2.05) is 6.08 Å². The molecule has 23 heavy (non-hydrogen) atoms. The van der Waals surface area contributed by atoms with Gasteiger partial charge in [0.15, 0.2) is 5.78 Å². The van der Waals surface area contributed by atoms with Gasteiger partial charge in [-0.25, -0.2) is 0 Å². The third kappa shape index (κ3) is 1.66. The Hall–Kier alpha value is -0.890. The Morgan fingerprint density at radius 3 is 2.91 bits per heavy atom. The van der Waals surface area contributed by atoms with Crippen LogP contribution in [0, 0.1) is 28.6 Å². The van der Waals surface area contributed by atoms with Crippen LogP contribution < -0.4 is 0 Å². The van der Waals surface area contributed by atoms with E-state index in [0.717, 1.165) is 37.2 Å². The van der Waals surface area contributed by atoms with Gasteiger partial charge in [0.05, 0.1) is 12.7 Å². The molecule has 0 aromatic heterocycles. The molecule has 1 saturated heterocycles. The maximum Gasteiger partial charge on any atom is 0.155 e. The summed E-state index contributed by atoms with van der Waals surface area (Å²) in [4.78, 5) is 12.0. The van der Waals surface area contributed by atoms with Crippen LogP contribution in [0.25, 0.3) is 0 Å². The molecule has 2 nitrogen and oxygen atoms in total. The molecule has 5 unspecified atom stereocenters. The molecule has 5 aliphatic rings. The van der Waals surface area contributed by atoms with E-state index in [0.29, 0.717) is 11.2 Å². The molecule has 0 amide bonds. The summed E-state index contributed by atoms with van der Waals surface area (Å²) in [7, 11) is 0. The molecule has 3 saturated carbocycles. The number of allylic oxidation sites excluding steroid dienone is 2. The van der Waals surface area contributed by atoms with Crippen molar-refractivity contribution in [3.8, 4) is 0 Å². The summed E-state index contributed by atoms with van der Waals surface area (Å²) in [5.74, 6) is 2.74. The van der Waals surface area contributed by atoms with Crippen molar-refractivity contribution in [3.05, 3.63) is 23.3 Å². The van der Waals surface area contributed by atoms with Crippen LogP contribution in [-0.4, -0.2) is 18.5 Å². The molecule has 5 rings (SSSR count). The maximum absolute atomic E-state index is 12.0. The molecular formula is C21H28O2. The van der Waals surface area contributed by atoms with Crippen LogP contribution in [0.5, 0.6) is 0 Å². The first-order valence-corrected chi connectivity index (χ1v) is 9.61. The summed E-state index contributed by atoms with van der Waals surface area (Å²) in [6.07, 6.45) is 12.9. The van der Waals surface area contributed by atoms with Crippen LogP contribution in [0.4, 0.5) is 0 Å². The number of fused-ring (bicyclic) bond motifs is 3. The van der Waals surface area contributed by atoms with Gasteiger partial charge in [0.2, 0.25) is 0 Å². The summed E-state index contributed by atoms with van der Waals surface area (Å²) in [5, 5.41) is 0. The monoisotopic (exact) mass is 312 g/mol. The molecule has 1 aliphatic heterocycles. The van der Waals surface area contributed by atoms with Crippen molar-refractivity contribution in [1.29, 1.82) is 0 Å². The first-order valence-electron chi connectivity index (χ1n) is 9.61. The average Bonchev–Trinajstić information content (AvgIpc) is 3.01. The highest BCUT2D eigenvalue weighted by Crippen LogP contribution is 2.68. The van der Waals surface area contributed by atoms with E-state index < -0.39 is 0 Å². The molecule has 0 radical (unpaired) electrons. The summed E-state index contributed by atoms with van der Waals surface area (Å²) in [6, 6.07) is 0. The molecule has 4 fully saturated rings. The van der Waals surface area contributed by atoms with Crippen LogP contribution >= 0.6 is 0 Å². The minimum atomic E-state index is 0.224. The number of ketones is 1. The number of carbonyl (C=O) groups is 1. The lowest BCUT2D eigenvalue weighted by molar-refractivity contribution is -0.116. The second-order valence-corrected chi connectivity index (χ2v) is 8.94. The van der Waals surface area contributed by atoms with E-state index in [9.17, 15) is 4.79 Å². The van der Waals surface area contributed by atoms with Gasteiger partial charge in [-0.15, -0.1) is 0 Å². The van der Waals surface area contributed by atoms with Crippen LogP contribution in [0.3, 0.4) is 0 Å². The fraction of sp³-hybridized carbons (Fsp3) is 0.762. The molecule has 2 bridgehead atoms. The first-order chi connectivity index (χ1) is 11.1. The van der Waals surface area contributed by atoms with Crippen LogP contribution in [-0.2, 0) is 9.53 Å². The zero-order chi connectivity index (χ0) is 15.8. The van der Waals surface area contributed by atoms with Gasteiger partial charge in [0, 0.05) is 11.8 Å². The van der Waals surface area contributed by atoms with E-state index in [-0.39, 0.29) is 11.5 Å². The Morgan fingerprint density at radius 2 is 2.09 bits per heavy atom. The lowest BCUT2D eigenvalue weighted by Gasteiger charge is -2.56. The molecule has 0 N–H and O–H groups in total. The van der Waals surface area contributed by atoms with Crippen molar-refractivity contribution in [3.63, 3.8) is 0 Å². The molecule has 2 heteroatoms. The molecule has 6 atom stereocenters. The third-order valence-corrected chi connectivity index (χ3v) is 8.43. The minimum Gasteiger partial charge on any atom is -0.373 e. The normalized spacial score (nSPS) is 52.9. The van der Waals surface area contributed by atoms with E-state index in [2.05, 4.69) is 19.9 Å². The molecule has 1 heterocycles. The molecule has 4 aliphatic carbocycles. The number of rotatable bonds is 0. The van der Waals surface area contributed by atoms with Crippen molar-refractivity contribution in [2.24, 2.45) is 28.6 Å². The largest absolute Gasteiger partial charge is 0.373 e. The minimum absolute atomic E-state index is 0.224. The second kappa shape index (κ2) is 4.59. The van der Waals surface area contributed by atoms with E-state index in [4.69, 9.17) is 4.74 Å². The SMILES string of the molecule is C/C=C1/CCC2C3C[C@H]4OCC5(CCC(=O)C=C45)C3CCC12C. The fourth-order valence-electron chi connectivity index (χ4n) is 7.36. The summed E-state index contributed by atoms with van der Waals surface area (Å²) >= 11 is 0. The van der Waals surface area contributed by atoms with Gasteiger partial charge in [-0.2, -0.15) is 0 Å². The number of ether oxygens (including phenoxy) is 1. The lowest BCUT2D eigenvalue weighted by atomic mass is 9.47. The Labute approximate surface area is 139 Å². The molecule has 0 spiro atoms. The molecule has 0 aromatic carbocycles. The van der Waals surface area contributed by atoms with Gasteiger partial charge in [-0.1, -0.05) is 18.6 Å². The van der Waals surface area contributed by atoms with Gasteiger partial charge in [0.1, 0.15) is 0 Å². The second-order valence-electron chi connectivity index (χ2n) is 8.94. The van der Waals surface area contributed by atoms with Gasteiger partial charge >= 0.3 is 0 Å². The predicted octanol–water partition coefficient (Wildman–Crippen LogP) is 4.45. The third-order valence-electron chi connectivity index (χ3n) is 8.43. The van der Waals surface area contributed by atoms with E-state index >= 15 is 0 Å². The first kappa shape index (κ1) is 14.5. The van der Waals surface area contributed by atoms with Crippen molar-refractivity contribution < 1.29 is 9.53 Å². The standard InChI is InChI=1S/C21H28O2/c1-3-13-4-5-16-15-11-19-18-10-14(22)6-9-21(18,12-23-19)17(15)7-8-20(13,16)2/h3,10,15-17,19H,4-9,11-12H2,1-2H3/b13-3-/t15?,16?,17?,19-,20?,21?/m1/s1. The summed E-state index contributed by atoms with van der Waals surface area (Å²) < 4.78 is 6.25. The fourth-order valence-corrected chi connectivity index (χ4v) is 7.36. The van der Waals surface area contributed by atoms with Crippen LogP contribution in [0.2, 0.25) is 0 Å². The zero-order valence-corrected chi connectivity index (χ0v) is 14.4. The highest BCUT2D eigenvalue weighted by Gasteiger charge is 2.63. The highest BCUT2D eigenvalue weighted by molar-refractivity contribution is 5.92. The smallest absolute Gasteiger partial charge is 0.155 e. The van der Waals surface area contributed by atoms with Crippen molar-refractivity contribution in [1.82, 2.24) is 0 Å². The highest BCUT2D eigenvalue weighted by atomic mass is 16.5. The summed E-state index contributed by atoms with van der Waals surface area (Å²) in [5.41, 5.74) is 3.77. The van der Waals surface area contributed by atoms with Crippen molar-refractivity contribution in [2.45, 2.75) is 64.9 Å². The topological polar surface area (TPSA) is 26.3 Å². The predicted molar refractivity (Wildman–Crippen MR) is 89.9 cm³/mol. The molecular weight excluding hydrogens is 284 g/mol. The van der Waals surface area contributed by atoms with Gasteiger partial charge < -0.3 is 4.74 Å². The lowest BCUT2D eigenvalue weighted by Crippen LogP contribution is -2.51. The van der Waals surface area contributed by atoms with Gasteiger partial charge in [-0.3, -0.25) is 4.79 Å². The maximum atomic E-state index is 12.0. The van der Waals surface area contributed by atoms with Crippen molar-refractivity contribution >= 4 is 5.78 Å². The quantitative estimate of drug-likeness (QED) is 0.618. The van der Waals surface area contributed by atoms with Crippen LogP contribution in [0.15, 0.2) is 23.3 Å². The Balaban J connectivity index is 1.57. The van der Waals surface area contributed by atoms with E-state index in [1.54, 1.807) is 5.57 Å². The zero-order valence-electron chi connectivity index (χ0n) is 14.4. The van der Waals surface area contributed by atoms with Gasteiger partial charge in [-0.05, 0) is 80.3 Å². The summed E-state index contributed by atoms with van der Waals surface area (Å²) in [6.45, 7) is 5.65. The number of carbonyl (C=O) groups excluding carboxylic acids is 1. The van der Waals surface area contributed by atoms with E-state index in [1.165, 1.54) is 37.7 Å². The Morgan fingerprint density at radius 1 is 1.22 bits per heavy atom. The molecule has 124 valence electrons. The van der Waals surface area contributed by atoms with Crippen LogP contribution in [0.1, 0.15) is 58.8 Å². The van der Waals surface area contributed by atoms with Gasteiger partial charge in [0.25, 0.3) is 0 Å².